The van der Waals surface area contributed by atoms with Gasteiger partial charge in [-0.25, -0.2) is 0 Å². The van der Waals surface area contributed by atoms with Gasteiger partial charge in [0.2, 0.25) is 17.7 Å². The summed E-state index contributed by atoms with van der Waals surface area (Å²) in [5.41, 5.74) is 4.00. The van der Waals surface area contributed by atoms with Gasteiger partial charge in [0.1, 0.15) is 0 Å². The van der Waals surface area contributed by atoms with Crippen LogP contribution < -0.4 is 4.90 Å². The normalized spacial score (nSPS) is 10.8. The van der Waals surface area contributed by atoms with E-state index in [1.54, 1.807) is 11.9 Å². The van der Waals surface area contributed by atoms with Gasteiger partial charge >= 0.3 is 0 Å². The fraction of sp³-hybridized carbons (Fsp3) is 0.250. The van der Waals surface area contributed by atoms with Crippen LogP contribution in [0.4, 0.5) is 5.69 Å². The molecule has 0 fully saturated rings. The summed E-state index contributed by atoms with van der Waals surface area (Å²) in [7, 11) is 1.77. The molecule has 0 aliphatic heterocycles. The van der Waals surface area contributed by atoms with E-state index in [-0.39, 0.29) is 5.91 Å². The number of benzene rings is 2. The molecule has 0 saturated carbocycles. The topological polar surface area (TPSA) is 59.2 Å². The van der Waals surface area contributed by atoms with Crippen LogP contribution in [0, 0.1) is 13.8 Å². The van der Waals surface area contributed by atoms with E-state index in [4.69, 9.17) is 4.42 Å². The van der Waals surface area contributed by atoms with Crippen LogP contribution in [0.1, 0.15) is 23.4 Å². The lowest BCUT2D eigenvalue weighted by atomic mass is 10.1. The van der Waals surface area contributed by atoms with Crippen molar-refractivity contribution in [2.75, 3.05) is 11.9 Å². The Balaban J connectivity index is 1.62. The summed E-state index contributed by atoms with van der Waals surface area (Å²) in [5, 5.41) is 8.12. The lowest BCUT2D eigenvalue weighted by Gasteiger charge is -2.18. The van der Waals surface area contributed by atoms with E-state index in [9.17, 15) is 4.79 Å². The van der Waals surface area contributed by atoms with E-state index in [1.807, 2.05) is 56.3 Å². The van der Waals surface area contributed by atoms with Gasteiger partial charge in [-0.1, -0.05) is 33.6 Å². The second kappa shape index (κ2) is 7.83. The van der Waals surface area contributed by atoms with E-state index in [2.05, 4.69) is 26.1 Å². The molecular weight excluding hydrogens is 394 g/mol. The van der Waals surface area contributed by atoms with Crippen molar-refractivity contribution in [2.45, 2.75) is 26.7 Å². The van der Waals surface area contributed by atoms with Crippen LogP contribution in [0.15, 0.2) is 51.4 Å². The summed E-state index contributed by atoms with van der Waals surface area (Å²) in [6.07, 6.45) is 0.721. The molecule has 26 heavy (non-hydrogen) atoms. The summed E-state index contributed by atoms with van der Waals surface area (Å²) in [6.45, 7) is 4.02. The lowest BCUT2D eigenvalue weighted by molar-refractivity contribution is -0.118. The standard InChI is InChI=1S/C20H20BrN3O2/c1-13-4-6-15(7-5-13)20-23-22-18(26-20)10-11-19(25)24(3)16-8-9-17(21)14(2)12-16/h4-9,12H,10-11H2,1-3H3. The average molecular weight is 414 g/mol. The molecule has 0 radical (unpaired) electrons. The zero-order valence-electron chi connectivity index (χ0n) is 15.0. The number of hydrogen-bond donors (Lipinski definition) is 0. The second-order valence-electron chi connectivity index (χ2n) is 6.25. The van der Waals surface area contributed by atoms with Crippen LogP contribution >= 0.6 is 15.9 Å². The maximum absolute atomic E-state index is 12.5. The molecule has 0 bridgehead atoms. The Morgan fingerprint density at radius 1 is 1.12 bits per heavy atom. The molecule has 1 heterocycles. The van der Waals surface area contributed by atoms with Crippen LogP contribution in [0.25, 0.3) is 11.5 Å². The number of carbonyl (C=O) groups is 1. The third-order valence-electron chi connectivity index (χ3n) is 4.22. The van der Waals surface area contributed by atoms with Crippen LogP contribution in [-0.2, 0) is 11.2 Å². The van der Waals surface area contributed by atoms with Gasteiger partial charge in [-0.2, -0.15) is 0 Å². The Morgan fingerprint density at radius 2 is 1.85 bits per heavy atom. The van der Waals surface area contributed by atoms with Gasteiger partial charge in [-0.15, -0.1) is 10.2 Å². The van der Waals surface area contributed by atoms with Crippen molar-refractivity contribution in [1.29, 1.82) is 0 Å². The van der Waals surface area contributed by atoms with E-state index >= 15 is 0 Å². The predicted molar refractivity (Wildman–Crippen MR) is 105 cm³/mol. The highest BCUT2D eigenvalue weighted by Crippen LogP contribution is 2.23. The first-order valence-electron chi connectivity index (χ1n) is 8.36. The van der Waals surface area contributed by atoms with Gasteiger partial charge in [-0.05, 0) is 49.7 Å². The maximum atomic E-state index is 12.5. The lowest BCUT2D eigenvalue weighted by Crippen LogP contribution is -2.26. The summed E-state index contributed by atoms with van der Waals surface area (Å²) in [5.74, 6) is 0.945. The SMILES string of the molecule is Cc1ccc(-c2nnc(CCC(=O)N(C)c3ccc(Br)c(C)c3)o2)cc1. The van der Waals surface area contributed by atoms with E-state index in [0.29, 0.717) is 24.6 Å². The van der Waals surface area contributed by atoms with Gasteiger partial charge in [0.05, 0.1) is 0 Å². The van der Waals surface area contributed by atoms with Gasteiger partial charge in [0, 0.05) is 35.6 Å². The molecule has 1 aromatic heterocycles. The Bertz CT molecular complexity index is 919. The van der Waals surface area contributed by atoms with Crippen molar-refractivity contribution in [3.8, 4) is 11.5 Å². The van der Waals surface area contributed by atoms with E-state index < -0.39 is 0 Å². The highest BCUT2D eigenvalue weighted by atomic mass is 79.9. The largest absolute Gasteiger partial charge is 0.421 e. The molecule has 3 aromatic rings. The molecule has 0 saturated heterocycles. The maximum Gasteiger partial charge on any atom is 0.247 e. The molecule has 1 amide bonds. The number of nitrogens with zero attached hydrogens (tertiary/aromatic N) is 3. The number of carbonyl (C=O) groups excluding carboxylic acids is 1. The predicted octanol–water partition coefficient (Wildman–Crippen LogP) is 4.71. The Labute approximate surface area is 161 Å². The molecule has 0 aliphatic carbocycles. The third-order valence-corrected chi connectivity index (χ3v) is 5.11. The van der Waals surface area contributed by atoms with Crippen molar-refractivity contribution in [3.63, 3.8) is 0 Å². The smallest absolute Gasteiger partial charge is 0.247 e. The zero-order valence-corrected chi connectivity index (χ0v) is 16.6. The molecule has 0 aliphatic rings. The highest BCUT2D eigenvalue weighted by molar-refractivity contribution is 9.10. The quantitative estimate of drug-likeness (QED) is 0.607. The highest BCUT2D eigenvalue weighted by Gasteiger charge is 2.15. The number of anilines is 1. The molecule has 134 valence electrons. The molecule has 0 atom stereocenters. The summed E-state index contributed by atoms with van der Waals surface area (Å²) < 4.78 is 6.71. The monoisotopic (exact) mass is 413 g/mol. The Kier molecular flexibility index (Phi) is 5.52. The van der Waals surface area contributed by atoms with Crippen molar-refractivity contribution < 1.29 is 9.21 Å². The van der Waals surface area contributed by atoms with Crippen LogP contribution in [-0.4, -0.2) is 23.2 Å². The minimum Gasteiger partial charge on any atom is -0.421 e. The van der Waals surface area contributed by atoms with Gasteiger partial charge in [-0.3, -0.25) is 4.79 Å². The Hall–Kier alpha value is -2.47. The Morgan fingerprint density at radius 3 is 2.54 bits per heavy atom. The fourth-order valence-corrected chi connectivity index (χ4v) is 2.78. The number of aromatic nitrogens is 2. The second-order valence-corrected chi connectivity index (χ2v) is 7.11. The number of halogens is 1. The minimum absolute atomic E-state index is 0.00167. The van der Waals surface area contributed by atoms with Crippen molar-refractivity contribution >= 4 is 27.5 Å². The van der Waals surface area contributed by atoms with Gasteiger partial charge in [0.25, 0.3) is 0 Å². The number of hydrogen-bond acceptors (Lipinski definition) is 4. The first-order valence-corrected chi connectivity index (χ1v) is 9.15. The first kappa shape index (κ1) is 18.3. The third kappa shape index (κ3) is 4.19. The van der Waals surface area contributed by atoms with Crippen molar-refractivity contribution in [1.82, 2.24) is 10.2 Å². The fourth-order valence-electron chi connectivity index (χ4n) is 2.53. The molecule has 0 spiro atoms. The molecule has 0 unspecified atom stereocenters. The number of aryl methyl sites for hydroxylation is 3. The first-order chi connectivity index (χ1) is 12.4. The molecular formula is C20H20BrN3O2. The van der Waals surface area contributed by atoms with Crippen LogP contribution in [0.2, 0.25) is 0 Å². The molecule has 5 nitrogen and oxygen atoms in total. The van der Waals surface area contributed by atoms with E-state index in [1.165, 1.54) is 5.56 Å². The average Bonchev–Trinajstić information content (AvgIpc) is 3.11. The van der Waals surface area contributed by atoms with Gasteiger partial charge < -0.3 is 9.32 Å². The number of amides is 1. The molecule has 6 heteroatoms. The summed E-state index contributed by atoms with van der Waals surface area (Å²) >= 11 is 3.47. The van der Waals surface area contributed by atoms with Crippen LogP contribution in [0.5, 0.6) is 0 Å². The van der Waals surface area contributed by atoms with Crippen LogP contribution in [0.3, 0.4) is 0 Å². The zero-order chi connectivity index (χ0) is 18.7. The summed E-state index contributed by atoms with van der Waals surface area (Å²) in [4.78, 5) is 14.1. The number of rotatable bonds is 5. The molecule has 2 aromatic carbocycles. The van der Waals surface area contributed by atoms with Crippen molar-refractivity contribution in [2.24, 2.45) is 0 Å². The van der Waals surface area contributed by atoms with Gasteiger partial charge in [0.15, 0.2) is 0 Å². The van der Waals surface area contributed by atoms with E-state index in [0.717, 1.165) is 21.3 Å². The minimum atomic E-state index is 0.00167. The summed E-state index contributed by atoms with van der Waals surface area (Å²) in [6, 6.07) is 13.7. The molecule has 3 rings (SSSR count). The van der Waals surface area contributed by atoms with Crippen molar-refractivity contribution in [3.05, 3.63) is 64.0 Å². The molecule has 0 N–H and O–H groups in total.